The molecule has 0 aliphatic carbocycles. The van der Waals surface area contributed by atoms with E-state index in [1.807, 2.05) is 13.0 Å². The van der Waals surface area contributed by atoms with Crippen molar-refractivity contribution in [3.8, 4) is 5.75 Å². The topological polar surface area (TPSA) is 71.8 Å². The number of hydrogen-bond donors (Lipinski definition) is 1. The Kier molecular flexibility index (Phi) is 7.22. The van der Waals surface area contributed by atoms with E-state index in [0.29, 0.717) is 23.8 Å². The van der Waals surface area contributed by atoms with Gasteiger partial charge in [-0.15, -0.1) is 0 Å². The maximum atomic E-state index is 12.2. The highest BCUT2D eigenvalue weighted by molar-refractivity contribution is 5.81. The minimum atomic E-state index is -0.393. The molecule has 32 heavy (non-hydrogen) atoms. The predicted octanol–water partition coefficient (Wildman–Crippen LogP) is 3.90. The molecule has 1 aliphatic rings. The highest BCUT2D eigenvalue weighted by atomic mass is 16.5. The Balaban J connectivity index is 1.15. The molecule has 0 saturated carbocycles. The molecule has 2 aromatic carbocycles. The number of aryl methyl sites for hydroxylation is 1. The van der Waals surface area contributed by atoms with Crippen LogP contribution in [0, 0.1) is 12.8 Å². The van der Waals surface area contributed by atoms with E-state index in [0.717, 1.165) is 37.0 Å². The Morgan fingerprint density at radius 1 is 1.12 bits per heavy atom. The summed E-state index contributed by atoms with van der Waals surface area (Å²) in [4.78, 5) is 26.2. The number of ether oxygens (including phenoxy) is 1. The Bertz CT molecular complexity index is 1100. The van der Waals surface area contributed by atoms with E-state index in [4.69, 9.17) is 9.15 Å². The molecule has 1 saturated heterocycles. The van der Waals surface area contributed by atoms with Gasteiger partial charge in [0.2, 0.25) is 0 Å². The number of nitrogens with one attached hydrogen (secondary N) is 1. The first kappa shape index (κ1) is 22.1. The lowest BCUT2D eigenvalue weighted by Crippen LogP contribution is -2.35. The number of rotatable bonds is 8. The van der Waals surface area contributed by atoms with Crippen LogP contribution in [0.4, 0.5) is 0 Å². The molecule has 6 nitrogen and oxygen atoms in total. The average molecular weight is 435 g/mol. The van der Waals surface area contributed by atoms with E-state index in [-0.39, 0.29) is 12.5 Å². The van der Waals surface area contributed by atoms with Gasteiger partial charge in [0.15, 0.2) is 6.61 Å². The first-order valence-electron chi connectivity index (χ1n) is 11.3. The molecular formula is C26H30N2O4. The van der Waals surface area contributed by atoms with E-state index in [1.54, 1.807) is 12.1 Å². The zero-order valence-corrected chi connectivity index (χ0v) is 18.5. The van der Waals surface area contributed by atoms with Crippen LogP contribution in [0.2, 0.25) is 0 Å². The SMILES string of the molecule is Cc1cc(=O)oc2cc(OCC(=O)NCCC3CCN(Cc4ccccc4)CC3)ccc12. The second-order valence-corrected chi connectivity index (χ2v) is 8.54. The van der Waals surface area contributed by atoms with Gasteiger partial charge in [-0.1, -0.05) is 30.3 Å². The molecule has 0 spiro atoms. The summed E-state index contributed by atoms with van der Waals surface area (Å²) in [7, 11) is 0. The molecule has 1 aliphatic heterocycles. The normalized spacial score (nSPS) is 15.0. The van der Waals surface area contributed by atoms with E-state index in [2.05, 4.69) is 40.5 Å². The van der Waals surface area contributed by atoms with Crippen molar-refractivity contribution in [2.75, 3.05) is 26.2 Å². The molecule has 4 rings (SSSR count). The van der Waals surface area contributed by atoms with Crippen molar-refractivity contribution in [1.82, 2.24) is 10.2 Å². The lowest BCUT2D eigenvalue weighted by atomic mass is 9.93. The Morgan fingerprint density at radius 2 is 1.91 bits per heavy atom. The van der Waals surface area contributed by atoms with Crippen LogP contribution >= 0.6 is 0 Å². The Morgan fingerprint density at radius 3 is 2.69 bits per heavy atom. The lowest BCUT2D eigenvalue weighted by molar-refractivity contribution is -0.123. The summed E-state index contributed by atoms with van der Waals surface area (Å²) in [6, 6.07) is 17.3. The molecular weight excluding hydrogens is 404 g/mol. The van der Waals surface area contributed by atoms with E-state index >= 15 is 0 Å². The highest BCUT2D eigenvalue weighted by Crippen LogP contribution is 2.23. The molecule has 0 unspecified atom stereocenters. The molecule has 2 heterocycles. The zero-order chi connectivity index (χ0) is 22.3. The molecule has 3 aromatic rings. The van der Waals surface area contributed by atoms with Crippen molar-refractivity contribution < 1.29 is 13.9 Å². The number of carbonyl (C=O) groups excluding carboxylic acids is 1. The monoisotopic (exact) mass is 434 g/mol. The zero-order valence-electron chi connectivity index (χ0n) is 18.5. The largest absolute Gasteiger partial charge is 0.484 e. The maximum Gasteiger partial charge on any atom is 0.336 e. The van der Waals surface area contributed by atoms with E-state index in [9.17, 15) is 9.59 Å². The highest BCUT2D eigenvalue weighted by Gasteiger charge is 2.19. The second kappa shape index (κ2) is 10.5. The van der Waals surface area contributed by atoms with Gasteiger partial charge in [-0.25, -0.2) is 4.79 Å². The van der Waals surface area contributed by atoms with Crippen molar-refractivity contribution in [3.63, 3.8) is 0 Å². The maximum absolute atomic E-state index is 12.2. The first-order chi connectivity index (χ1) is 15.6. The number of hydrogen-bond acceptors (Lipinski definition) is 5. The van der Waals surface area contributed by atoms with Crippen LogP contribution < -0.4 is 15.7 Å². The van der Waals surface area contributed by atoms with Crippen LogP contribution in [-0.2, 0) is 11.3 Å². The van der Waals surface area contributed by atoms with E-state index < -0.39 is 5.63 Å². The van der Waals surface area contributed by atoms with Crippen LogP contribution in [0.1, 0.15) is 30.4 Å². The van der Waals surface area contributed by atoms with Crippen LogP contribution in [0.15, 0.2) is 63.8 Å². The summed E-state index contributed by atoms with van der Waals surface area (Å²) in [5.41, 5.74) is 2.29. The molecule has 1 fully saturated rings. The molecule has 0 atom stereocenters. The lowest BCUT2D eigenvalue weighted by Gasteiger charge is -2.32. The predicted molar refractivity (Wildman–Crippen MR) is 125 cm³/mol. The van der Waals surface area contributed by atoms with Crippen LogP contribution in [0.5, 0.6) is 5.75 Å². The number of piperidine rings is 1. The summed E-state index contributed by atoms with van der Waals surface area (Å²) in [5.74, 6) is 1.01. The van der Waals surface area contributed by atoms with Crippen LogP contribution in [0.3, 0.4) is 0 Å². The molecule has 1 N–H and O–H groups in total. The standard InChI is InChI=1S/C26H30N2O4/c1-19-15-26(30)32-24-16-22(7-8-23(19)24)31-18-25(29)27-12-9-20-10-13-28(14-11-20)17-21-5-3-2-4-6-21/h2-8,15-16,20H,9-14,17-18H2,1H3,(H,27,29). The van der Waals surface area contributed by atoms with Gasteiger partial charge in [0.25, 0.3) is 5.91 Å². The second-order valence-electron chi connectivity index (χ2n) is 8.54. The van der Waals surface area contributed by atoms with Crippen LogP contribution in [-0.4, -0.2) is 37.0 Å². The number of fused-ring (bicyclic) bond motifs is 1. The fraction of sp³-hybridized carbons (Fsp3) is 0.385. The van der Waals surface area contributed by atoms with Gasteiger partial charge in [-0.3, -0.25) is 9.69 Å². The van der Waals surface area contributed by atoms with Gasteiger partial charge < -0.3 is 14.5 Å². The average Bonchev–Trinajstić information content (AvgIpc) is 2.79. The molecule has 168 valence electrons. The summed E-state index contributed by atoms with van der Waals surface area (Å²) in [6.45, 7) is 5.69. The van der Waals surface area contributed by atoms with Crippen LogP contribution in [0.25, 0.3) is 11.0 Å². The van der Waals surface area contributed by atoms with E-state index in [1.165, 1.54) is 24.5 Å². The number of likely N-dealkylation sites (tertiary alicyclic amines) is 1. The summed E-state index contributed by atoms with van der Waals surface area (Å²) in [6.07, 6.45) is 3.33. The van der Waals surface area contributed by atoms with Gasteiger partial charge in [0, 0.05) is 30.6 Å². The summed E-state index contributed by atoms with van der Waals surface area (Å²) < 4.78 is 10.8. The first-order valence-corrected chi connectivity index (χ1v) is 11.3. The third-order valence-electron chi connectivity index (χ3n) is 6.12. The van der Waals surface area contributed by atoms with Gasteiger partial charge in [-0.05, 0) is 68.5 Å². The molecule has 0 bridgehead atoms. The van der Waals surface area contributed by atoms with Crippen molar-refractivity contribution in [2.45, 2.75) is 32.7 Å². The van der Waals surface area contributed by atoms with Gasteiger partial charge in [0.05, 0.1) is 0 Å². The number of carbonyl (C=O) groups is 1. The molecule has 1 amide bonds. The summed E-state index contributed by atoms with van der Waals surface area (Å²) >= 11 is 0. The van der Waals surface area contributed by atoms with Gasteiger partial charge >= 0.3 is 5.63 Å². The third kappa shape index (κ3) is 5.98. The summed E-state index contributed by atoms with van der Waals surface area (Å²) in [5, 5.41) is 3.81. The minimum absolute atomic E-state index is 0.0585. The van der Waals surface area contributed by atoms with Gasteiger partial charge in [0.1, 0.15) is 11.3 Å². The molecule has 6 heteroatoms. The third-order valence-corrected chi connectivity index (χ3v) is 6.12. The van der Waals surface area contributed by atoms with Crippen molar-refractivity contribution in [1.29, 1.82) is 0 Å². The molecule has 1 aromatic heterocycles. The minimum Gasteiger partial charge on any atom is -0.484 e. The number of nitrogens with zero attached hydrogens (tertiary/aromatic N) is 1. The smallest absolute Gasteiger partial charge is 0.336 e. The number of amides is 1. The quantitative estimate of drug-likeness (QED) is 0.545. The van der Waals surface area contributed by atoms with Crippen molar-refractivity contribution in [2.24, 2.45) is 5.92 Å². The fourth-order valence-electron chi connectivity index (χ4n) is 4.29. The van der Waals surface area contributed by atoms with Gasteiger partial charge in [-0.2, -0.15) is 0 Å². The molecule has 0 radical (unpaired) electrons. The van der Waals surface area contributed by atoms with Crippen molar-refractivity contribution >= 4 is 16.9 Å². The fourth-order valence-corrected chi connectivity index (χ4v) is 4.29. The van der Waals surface area contributed by atoms with Crippen molar-refractivity contribution in [3.05, 3.63) is 76.1 Å². The Labute approximate surface area is 188 Å². The number of benzene rings is 2. The Hall–Kier alpha value is -3.12.